The van der Waals surface area contributed by atoms with Gasteiger partial charge < -0.3 is 20.9 Å². The summed E-state index contributed by atoms with van der Waals surface area (Å²) in [5.74, 6) is 0.736. The highest BCUT2D eigenvalue weighted by molar-refractivity contribution is 8.13. The second-order valence-corrected chi connectivity index (χ2v) is 9.11. The molecule has 0 bridgehead atoms. The molecule has 4 rings (SSSR count). The van der Waals surface area contributed by atoms with Gasteiger partial charge in [0.25, 0.3) is 5.91 Å². The van der Waals surface area contributed by atoms with Crippen LogP contribution in [0.4, 0.5) is 29.3 Å². The van der Waals surface area contributed by atoms with Gasteiger partial charge in [0.05, 0.1) is 22.9 Å². The van der Waals surface area contributed by atoms with Crippen molar-refractivity contribution in [2.45, 2.75) is 25.6 Å². The number of hydrogen-bond acceptors (Lipinski definition) is 5. The highest BCUT2D eigenvalue weighted by Crippen LogP contribution is 2.40. The first-order valence-electron chi connectivity index (χ1n) is 10.9. The van der Waals surface area contributed by atoms with Gasteiger partial charge in [-0.25, -0.2) is 9.79 Å². The van der Waals surface area contributed by atoms with Gasteiger partial charge in [-0.05, 0) is 55.3 Å². The van der Waals surface area contributed by atoms with Crippen LogP contribution in [0.15, 0.2) is 64.8 Å². The van der Waals surface area contributed by atoms with Crippen LogP contribution in [0.25, 0.3) is 0 Å². The zero-order valence-corrected chi connectivity index (χ0v) is 19.9. The van der Waals surface area contributed by atoms with Crippen molar-refractivity contribution < 1.29 is 22.8 Å². The molecule has 0 radical (unpaired) electrons. The average molecular weight is 504 g/mol. The number of amidine groups is 1. The minimum absolute atomic E-state index is 0.218. The average Bonchev–Trinajstić information content (AvgIpc) is 2.82. The number of alkyl halides is 3. The summed E-state index contributed by atoms with van der Waals surface area (Å²) in [6.45, 7) is 2.56. The van der Waals surface area contributed by atoms with E-state index in [0.29, 0.717) is 17.0 Å². The Morgan fingerprint density at radius 1 is 1.09 bits per heavy atom. The summed E-state index contributed by atoms with van der Waals surface area (Å²) in [6, 6.07) is 10.4. The van der Waals surface area contributed by atoms with Crippen LogP contribution in [-0.4, -0.2) is 41.4 Å². The standard InChI is InChI=1S/C24H24F3N5O2S/c1-14-19(21(33)28-2)20(32-11-4-12-35-23(32)29-14)15-5-3-6-18(13-15)31-22(34)30-17-9-7-16(8-10-17)24(25,26)27/h3,5-10,13,20H,4,11-12H2,1-2H3,(H,28,33)(H2,30,31,34). The zero-order valence-electron chi connectivity index (χ0n) is 19.1. The Kier molecular flexibility index (Phi) is 7.06. The predicted octanol–water partition coefficient (Wildman–Crippen LogP) is 5.22. The zero-order chi connectivity index (χ0) is 25.2. The number of fused-ring (bicyclic) bond motifs is 1. The van der Waals surface area contributed by atoms with Crippen LogP contribution in [0, 0.1) is 0 Å². The lowest BCUT2D eigenvalue weighted by molar-refractivity contribution is -0.137. The number of amides is 3. The number of thioether (sulfide) groups is 1. The summed E-state index contributed by atoms with van der Waals surface area (Å²) in [6.07, 6.45) is -3.49. The molecule has 0 saturated carbocycles. The molecule has 7 nitrogen and oxygen atoms in total. The summed E-state index contributed by atoms with van der Waals surface area (Å²) in [7, 11) is 1.58. The molecule has 1 saturated heterocycles. The number of benzene rings is 2. The molecule has 2 aliphatic rings. The number of hydrogen-bond donors (Lipinski definition) is 3. The Labute approximate surface area is 204 Å². The fourth-order valence-electron chi connectivity index (χ4n) is 4.06. The Bertz CT molecular complexity index is 1190. The van der Waals surface area contributed by atoms with Crippen LogP contribution in [0.2, 0.25) is 0 Å². The molecule has 3 N–H and O–H groups in total. The van der Waals surface area contributed by atoms with Gasteiger partial charge in [0.2, 0.25) is 0 Å². The Morgan fingerprint density at radius 3 is 2.49 bits per heavy atom. The molecule has 2 aromatic rings. The van der Waals surface area contributed by atoms with Crippen LogP contribution >= 0.6 is 11.8 Å². The van der Waals surface area contributed by atoms with E-state index in [1.54, 1.807) is 37.0 Å². The van der Waals surface area contributed by atoms with Crippen LogP contribution < -0.4 is 16.0 Å². The summed E-state index contributed by atoms with van der Waals surface area (Å²) >= 11 is 1.65. The van der Waals surface area contributed by atoms with Crippen molar-refractivity contribution in [2.24, 2.45) is 4.99 Å². The number of allylic oxidation sites excluding steroid dienone is 1. The maximum absolute atomic E-state index is 12.8. The number of nitrogens with one attached hydrogen (secondary N) is 3. The molecule has 184 valence electrons. The van der Waals surface area contributed by atoms with Crippen molar-refractivity contribution >= 4 is 40.2 Å². The first-order valence-corrected chi connectivity index (χ1v) is 11.9. The molecule has 11 heteroatoms. The van der Waals surface area contributed by atoms with Crippen molar-refractivity contribution in [1.82, 2.24) is 10.2 Å². The highest BCUT2D eigenvalue weighted by atomic mass is 32.2. The summed E-state index contributed by atoms with van der Waals surface area (Å²) in [5, 5.41) is 8.81. The van der Waals surface area contributed by atoms with E-state index < -0.39 is 17.8 Å². The van der Waals surface area contributed by atoms with E-state index in [1.807, 2.05) is 13.0 Å². The third-order valence-electron chi connectivity index (χ3n) is 5.66. The molecule has 35 heavy (non-hydrogen) atoms. The third kappa shape index (κ3) is 5.45. The molecule has 2 aliphatic heterocycles. The number of likely N-dealkylation sites (N-methyl/N-ethyl adjacent to an activating group) is 1. The number of anilines is 2. The van der Waals surface area contributed by atoms with Gasteiger partial charge in [-0.1, -0.05) is 23.9 Å². The smallest absolute Gasteiger partial charge is 0.355 e. The normalized spacial score (nSPS) is 17.9. The van der Waals surface area contributed by atoms with E-state index >= 15 is 0 Å². The molecule has 2 heterocycles. The Hall–Kier alpha value is -3.47. The van der Waals surface area contributed by atoms with Crippen LogP contribution in [0.1, 0.15) is 30.5 Å². The van der Waals surface area contributed by atoms with Gasteiger partial charge in [0, 0.05) is 30.7 Å². The number of urea groups is 1. The minimum atomic E-state index is -4.45. The molecular formula is C24H24F3N5O2S. The summed E-state index contributed by atoms with van der Waals surface area (Å²) < 4.78 is 38.2. The number of rotatable bonds is 4. The lowest BCUT2D eigenvalue weighted by Gasteiger charge is -2.40. The quantitative estimate of drug-likeness (QED) is 0.534. The van der Waals surface area contributed by atoms with Crippen LogP contribution in [0.5, 0.6) is 0 Å². The number of carbonyl (C=O) groups excluding carboxylic acids is 2. The van der Waals surface area contributed by atoms with Gasteiger partial charge in [0.1, 0.15) is 0 Å². The van der Waals surface area contributed by atoms with Crippen molar-refractivity contribution in [3.05, 3.63) is 70.9 Å². The van der Waals surface area contributed by atoms with Gasteiger partial charge in [-0.3, -0.25) is 4.79 Å². The van der Waals surface area contributed by atoms with Gasteiger partial charge >= 0.3 is 12.2 Å². The monoisotopic (exact) mass is 503 g/mol. The molecule has 0 aromatic heterocycles. The lowest BCUT2D eigenvalue weighted by atomic mass is 9.93. The van der Waals surface area contributed by atoms with E-state index in [-0.39, 0.29) is 17.6 Å². The number of halogens is 3. The second-order valence-electron chi connectivity index (χ2n) is 8.05. The maximum atomic E-state index is 12.8. The van der Waals surface area contributed by atoms with Crippen LogP contribution in [-0.2, 0) is 11.0 Å². The van der Waals surface area contributed by atoms with Crippen molar-refractivity contribution in [3.8, 4) is 0 Å². The number of carbonyl (C=O) groups is 2. The minimum Gasteiger partial charge on any atom is -0.355 e. The highest BCUT2D eigenvalue weighted by Gasteiger charge is 2.37. The van der Waals surface area contributed by atoms with Gasteiger partial charge in [-0.2, -0.15) is 13.2 Å². The molecule has 3 amide bonds. The topological polar surface area (TPSA) is 85.8 Å². The van der Waals surface area contributed by atoms with Crippen LogP contribution in [0.3, 0.4) is 0 Å². The first kappa shape index (κ1) is 24.6. The molecule has 2 aromatic carbocycles. The van der Waals surface area contributed by atoms with E-state index in [0.717, 1.165) is 41.6 Å². The Morgan fingerprint density at radius 2 is 1.80 bits per heavy atom. The summed E-state index contributed by atoms with van der Waals surface area (Å²) in [4.78, 5) is 32.0. The lowest BCUT2D eigenvalue weighted by Crippen LogP contribution is -2.43. The first-order chi connectivity index (χ1) is 16.7. The van der Waals surface area contributed by atoms with E-state index in [9.17, 15) is 22.8 Å². The molecule has 1 unspecified atom stereocenters. The fourth-order valence-corrected chi connectivity index (χ4v) is 5.08. The predicted molar refractivity (Wildman–Crippen MR) is 131 cm³/mol. The van der Waals surface area contributed by atoms with Crippen molar-refractivity contribution in [1.29, 1.82) is 0 Å². The van der Waals surface area contributed by atoms with Crippen molar-refractivity contribution in [3.63, 3.8) is 0 Å². The van der Waals surface area contributed by atoms with Crippen molar-refractivity contribution in [2.75, 3.05) is 30.0 Å². The SMILES string of the molecule is CNC(=O)C1=C(C)N=C2SCCCN2C1c1cccc(NC(=O)Nc2ccc(C(F)(F)F)cc2)c1. The van der Waals surface area contributed by atoms with Gasteiger partial charge in [-0.15, -0.1) is 0 Å². The number of aliphatic imine (C=N–C) groups is 1. The number of nitrogens with zero attached hydrogens (tertiary/aromatic N) is 2. The largest absolute Gasteiger partial charge is 0.416 e. The summed E-state index contributed by atoms with van der Waals surface area (Å²) in [5.41, 5.74) is 1.92. The fraction of sp³-hybridized carbons (Fsp3) is 0.292. The van der Waals surface area contributed by atoms with E-state index in [2.05, 4.69) is 25.8 Å². The molecule has 0 spiro atoms. The third-order valence-corrected chi connectivity index (χ3v) is 6.74. The molecule has 1 atom stereocenters. The maximum Gasteiger partial charge on any atom is 0.416 e. The van der Waals surface area contributed by atoms with E-state index in [1.165, 1.54) is 12.1 Å². The molecule has 0 aliphatic carbocycles. The van der Waals surface area contributed by atoms with E-state index in [4.69, 9.17) is 0 Å². The molecular weight excluding hydrogens is 479 g/mol. The molecule has 1 fully saturated rings. The van der Waals surface area contributed by atoms with Gasteiger partial charge in [0.15, 0.2) is 5.17 Å². The second kappa shape index (κ2) is 10.0. The Balaban J connectivity index is 1.55.